The molecule has 0 amide bonds. The molecule has 0 saturated heterocycles. The molecule has 0 saturated carbocycles. The molecule has 0 bridgehead atoms. The van der Waals surface area contributed by atoms with E-state index in [1.165, 1.54) is 21.5 Å². The lowest BCUT2D eigenvalue weighted by Crippen LogP contribution is -2.34. The third kappa shape index (κ3) is 3.30. The molecule has 1 unspecified atom stereocenters. The summed E-state index contributed by atoms with van der Waals surface area (Å²) in [4.78, 5) is 0. The molecule has 0 radical (unpaired) electrons. The SMILES string of the molecule is CC1(C)CC(/C=C/c2cc3ccccc3c3ccccc23)=[N+]([O-])C1OCCO. The molecule has 28 heavy (non-hydrogen) atoms. The highest BCUT2D eigenvalue weighted by atomic mass is 16.6. The van der Waals surface area contributed by atoms with E-state index < -0.39 is 6.23 Å². The molecular formula is C24H25NO3. The van der Waals surface area contributed by atoms with Crippen molar-refractivity contribution in [1.29, 1.82) is 0 Å². The molecular weight excluding hydrogens is 350 g/mol. The second kappa shape index (κ2) is 7.38. The third-order valence-corrected chi connectivity index (χ3v) is 5.42. The zero-order valence-corrected chi connectivity index (χ0v) is 16.3. The van der Waals surface area contributed by atoms with Gasteiger partial charge in [-0.05, 0) is 39.3 Å². The van der Waals surface area contributed by atoms with Crippen molar-refractivity contribution in [2.24, 2.45) is 5.41 Å². The Balaban J connectivity index is 1.75. The van der Waals surface area contributed by atoms with Crippen LogP contribution in [-0.2, 0) is 4.74 Å². The van der Waals surface area contributed by atoms with Crippen LogP contribution in [-0.4, -0.2) is 35.0 Å². The Bertz CT molecular complexity index is 1080. The first-order valence-electron chi connectivity index (χ1n) is 9.64. The van der Waals surface area contributed by atoms with Crippen LogP contribution >= 0.6 is 0 Å². The number of rotatable bonds is 5. The molecule has 0 fully saturated rings. The monoisotopic (exact) mass is 375 g/mol. The van der Waals surface area contributed by atoms with Gasteiger partial charge < -0.3 is 15.1 Å². The minimum atomic E-state index is -0.576. The summed E-state index contributed by atoms with van der Waals surface area (Å²) in [6.07, 6.45) is 3.99. The van der Waals surface area contributed by atoms with Crippen molar-refractivity contribution < 1.29 is 14.6 Å². The largest absolute Gasteiger partial charge is 0.622 e. The van der Waals surface area contributed by atoms with Gasteiger partial charge in [0, 0.05) is 12.5 Å². The predicted octanol–water partition coefficient (Wildman–Crippen LogP) is 4.72. The van der Waals surface area contributed by atoms with Crippen LogP contribution < -0.4 is 0 Å². The minimum Gasteiger partial charge on any atom is -0.622 e. The number of ether oxygens (including phenoxy) is 1. The zero-order valence-electron chi connectivity index (χ0n) is 16.3. The number of aliphatic hydroxyl groups is 1. The van der Waals surface area contributed by atoms with Gasteiger partial charge in [-0.15, -0.1) is 0 Å². The summed E-state index contributed by atoms with van der Waals surface area (Å²) in [6.45, 7) is 4.12. The smallest absolute Gasteiger partial charge is 0.273 e. The molecule has 3 aromatic carbocycles. The van der Waals surface area contributed by atoms with Gasteiger partial charge in [0.15, 0.2) is 5.71 Å². The fourth-order valence-corrected chi connectivity index (χ4v) is 4.10. The van der Waals surface area contributed by atoms with Crippen LogP contribution in [0, 0.1) is 10.6 Å². The van der Waals surface area contributed by atoms with Crippen molar-refractivity contribution in [3.8, 4) is 0 Å². The van der Waals surface area contributed by atoms with Crippen LogP contribution in [0.5, 0.6) is 0 Å². The normalized spacial score (nSPS) is 19.3. The molecule has 0 aromatic heterocycles. The number of hydrogen-bond donors (Lipinski definition) is 1. The van der Waals surface area contributed by atoms with E-state index in [2.05, 4.69) is 42.5 Å². The molecule has 144 valence electrons. The molecule has 1 heterocycles. The quantitative estimate of drug-likeness (QED) is 0.399. The number of nitrogens with zero attached hydrogens (tertiary/aromatic N) is 1. The average molecular weight is 375 g/mol. The summed E-state index contributed by atoms with van der Waals surface area (Å²) in [5.74, 6) is 0. The Morgan fingerprint density at radius 3 is 2.50 bits per heavy atom. The number of fused-ring (bicyclic) bond motifs is 3. The predicted molar refractivity (Wildman–Crippen MR) is 114 cm³/mol. The molecule has 3 aromatic rings. The lowest BCUT2D eigenvalue weighted by Gasteiger charge is -2.23. The number of hydrogen-bond acceptors (Lipinski definition) is 3. The number of hydroxylamine groups is 1. The lowest BCUT2D eigenvalue weighted by molar-refractivity contribution is -0.564. The summed E-state index contributed by atoms with van der Waals surface area (Å²) in [5.41, 5.74) is 1.49. The third-order valence-electron chi connectivity index (χ3n) is 5.42. The van der Waals surface area contributed by atoms with E-state index >= 15 is 0 Å². The van der Waals surface area contributed by atoms with Crippen molar-refractivity contribution in [2.45, 2.75) is 26.5 Å². The van der Waals surface area contributed by atoms with E-state index in [1.54, 1.807) is 0 Å². The van der Waals surface area contributed by atoms with E-state index in [9.17, 15) is 5.21 Å². The Kier molecular flexibility index (Phi) is 4.92. The highest BCUT2D eigenvalue weighted by Gasteiger charge is 2.45. The van der Waals surface area contributed by atoms with Gasteiger partial charge in [-0.2, -0.15) is 4.74 Å². The molecule has 0 aliphatic carbocycles. The topological polar surface area (TPSA) is 55.5 Å². The number of aliphatic hydroxyl groups excluding tert-OH is 1. The van der Waals surface area contributed by atoms with Crippen LogP contribution in [0.4, 0.5) is 0 Å². The van der Waals surface area contributed by atoms with Gasteiger partial charge in [0.2, 0.25) is 0 Å². The maximum Gasteiger partial charge on any atom is 0.273 e. The van der Waals surface area contributed by atoms with Crippen LogP contribution in [0.1, 0.15) is 25.8 Å². The molecule has 0 spiro atoms. The number of benzene rings is 3. The Labute approximate surface area is 165 Å². The van der Waals surface area contributed by atoms with Crippen LogP contribution in [0.25, 0.3) is 27.6 Å². The zero-order chi connectivity index (χ0) is 19.7. The van der Waals surface area contributed by atoms with E-state index in [1.807, 2.05) is 38.1 Å². The molecule has 1 aliphatic heterocycles. The summed E-state index contributed by atoms with van der Waals surface area (Å²) < 4.78 is 6.55. The van der Waals surface area contributed by atoms with Crippen molar-refractivity contribution in [3.05, 3.63) is 71.4 Å². The second-order valence-electron chi connectivity index (χ2n) is 8.00. The van der Waals surface area contributed by atoms with Gasteiger partial charge in [0.25, 0.3) is 6.23 Å². The average Bonchev–Trinajstić information content (AvgIpc) is 2.92. The molecule has 4 rings (SSSR count). The second-order valence-corrected chi connectivity index (χ2v) is 8.00. The van der Waals surface area contributed by atoms with E-state index in [-0.39, 0.29) is 18.6 Å². The van der Waals surface area contributed by atoms with Crippen LogP contribution in [0.3, 0.4) is 0 Å². The highest BCUT2D eigenvalue weighted by Crippen LogP contribution is 2.35. The van der Waals surface area contributed by atoms with Gasteiger partial charge >= 0.3 is 0 Å². The fourth-order valence-electron chi connectivity index (χ4n) is 4.10. The summed E-state index contributed by atoms with van der Waals surface area (Å²) in [5, 5.41) is 26.6. The van der Waals surface area contributed by atoms with Crippen LogP contribution in [0.2, 0.25) is 0 Å². The fraction of sp³-hybridized carbons (Fsp3) is 0.292. The standard InChI is InChI=1S/C24H25NO3/c1-24(2)16-19(25(27)23(24)28-14-13-26)12-11-18-15-17-7-3-4-8-20(17)22-10-6-5-9-21(18)22/h3-12,15,23,26H,13-14,16H2,1-2H3/b12-11+. The first kappa shape index (κ1) is 18.7. The molecule has 1 N–H and O–H groups in total. The van der Waals surface area contributed by atoms with E-state index in [0.29, 0.717) is 12.1 Å². The molecule has 4 heteroatoms. The molecule has 1 atom stereocenters. The van der Waals surface area contributed by atoms with E-state index in [0.717, 1.165) is 10.3 Å². The summed E-state index contributed by atoms with van der Waals surface area (Å²) >= 11 is 0. The maximum absolute atomic E-state index is 12.7. The van der Waals surface area contributed by atoms with Gasteiger partial charge in [0.1, 0.15) is 0 Å². The Hall–Kier alpha value is -2.69. The maximum atomic E-state index is 12.7. The van der Waals surface area contributed by atoms with Crippen molar-refractivity contribution in [1.82, 2.24) is 0 Å². The minimum absolute atomic E-state index is 0.0886. The first-order valence-corrected chi connectivity index (χ1v) is 9.64. The molecule has 4 nitrogen and oxygen atoms in total. The highest BCUT2D eigenvalue weighted by molar-refractivity contribution is 6.11. The van der Waals surface area contributed by atoms with Gasteiger partial charge in [-0.1, -0.05) is 62.4 Å². The van der Waals surface area contributed by atoms with Crippen LogP contribution in [0.15, 0.2) is 60.7 Å². The van der Waals surface area contributed by atoms with Gasteiger partial charge in [-0.3, -0.25) is 0 Å². The number of allylic oxidation sites excluding steroid dienone is 1. The lowest BCUT2D eigenvalue weighted by atomic mass is 9.88. The van der Waals surface area contributed by atoms with Gasteiger partial charge in [0.05, 0.1) is 18.6 Å². The van der Waals surface area contributed by atoms with Crippen molar-refractivity contribution >= 4 is 33.3 Å². The Morgan fingerprint density at radius 2 is 1.75 bits per heavy atom. The van der Waals surface area contributed by atoms with E-state index in [4.69, 9.17) is 9.84 Å². The molecule has 1 aliphatic rings. The summed E-state index contributed by atoms with van der Waals surface area (Å²) in [7, 11) is 0. The first-order chi connectivity index (χ1) is 13.5. The summed E-state index contributed by atoms with van der Waals surface area (Å²) in [6, 6.07) is 18.9. The van der Waals surface area contributed by atoms with Gasteiger partial charge in [-0.25, -0.2) is 0 Å². The van der Waals surface area contributed by atoms with Crippen molar-refractivity contribution in [2.75, 3.05) is 13.2 Å². The Morgan fingerprint density at radius 1 is 1.07 bits per heavy atom. The van der Waals surface area contributed by atoms with Crippen molar-refractivity contribution in [3.63, 3.8) is 0 Å².